The fourth-order valence-electron chi connectivity index (χ4n) is 0.397. The molecule has 11 heavy (non-hydrogen) atoms. The maximum atomic E-state index is 8.79. The van der Waals surface area contributed by atoms with Gasteiger partial charge in [0.05, 0.1) is 0 Å². The second-order valence-corrected chi connectivity index (χ2v) is 2.00. The zero-order valence-corrected chi connectivity index (χ0v) is 8.03. The summed E-state index contributed by atoms with van der Waals surface area (Å²) in [6, 6.07) is -0.664. The maximum absolute atomic E-state index is 8.79. The Morgan fingerprint density at radius 1 is 1.00 bits per heavy atom. The highest BCUT2D eigenvalue weighted by molar-refractivity contribution is 9.06. The Morgan fingerprint density at radius 3 is 1.82 bits per heavy atom. The molecule has 1 aromatic rings. The number of aromatic nitrogens is 3. The predicted octanol–water partition coefficient (Wildman–Crippen LogP) is 0.955. The summed E-state index contributed by atoms with van der Waals surface area (Å²) in [6.45, 7) is 0. The van der Waals surface area contributed by atoms with Gasteiger partial charge in [0.2, 0.25) is 0 Å². The van der Waals surface area contributed by atoms with Gasteiger partial charge in [-0.2, -0.15) is 0 Å². The zero-order valence-electron chi connectivity index (χ0n) is 4.86. The summed E-state index contributed by atoms with van der Waals surface area (Å²) >= 11 is 5.24. The molecular weight excluding hydrogens is 286 g/mol. The summed E-state index contributed by atoms with van der Waals surface area (Å²) in [6.07, 6.45) is 0. The van der Waals surface area contributed by atoms with Gasteiger partial charge < -0.3 is 12.8 Å². The topological polar surface area (TPSA) is 77.4 Å². The molecule has 0 saturated carbocycles. The van der Waals surface area contributed by atoms with E-state index in [0.29, 0.717) is 0 Å². The van der Waals surface area contributed by atoms with Crippen molar-refractivity contribution in [3.05, 3.63) is 0 Å². The highest BCUT2D eigenvalue weighted by Gasteiger charge is 2.05. The van der Waals surface area contributed by atoms with Gasteiger partial charge in [-0.05, 0) is 0 Å². The maximum Gasteiger partial charge on any atom is 0.337 e. The number of hydrogen-bond donors (Lipinski definition) is 1. The van der Waals surface area contributed by atoms with E-state index in [1.54, 1.807) is 0 Å². The van der Waals surface area contributed by atoms with Crippen molar-refractivity contribution in [3.8, 4) is 18.0 Å². The quantitative estimate of drug-likeness (QED) is 0.872. The van der Waals surface area contributed by atoms with Crippen LogP contribution in [-0.2, 0) is 0 Å². The van der Waals surface area contributed by atoms with Crippen LogP contribution in [-0.4, -0.2) is 20.1 Å². The normalized spacial score (nSPS) is 9.27. The molecule has 0 saturated heterocycles. The monoisotopic (exact) mass is 285 g/mol. The molecule has 0 spiro atoms. The minimum absolute atomic E-state index is 0.0908. The van der Waals surface area contributed by atoms with Crippen molar-refractivity contribution in [2.75, 3.05) is 0 Å². The molecule has 6 nitrogen and oxygen atoms in total. The van der Waals surface area contributed by atoms with E-state index in [1.165, 1.54) is 0 Å². The SMILES string of the molecule is Oc1nc(OBr)nc(OBr)n1. The number of halogens is 2. The molecule has 1 heterocycles. The van der Waals surface area contributed by atoms with Gasteiger partial charge >= 0.3 is 18.0 Å². The van der Waals surface area contributed by atoms with E-state index >= 15 is 0 Å². The van der Waals surface area contributed by atoms with Crippen molar-refractivity contribution in [2.45, 2.75) is 0 Å². The van der Waals surface area contributed by atoms with E-state index in [2.05, 4.69) is 55.1 Å². The molecule has 0 aliphatic rings. The number of nitrogens with zero attached hydrogens (tertiary/aromatic N) is 3. The Balaban J connectivity index is 3.02. The van der Waals surface area contributed by atoms with Crippen LogP contribution >= 0.6 is 32.5 Å². The standard InChI is InChI=1S/C3HBr2N3O3/c4-10-2-6-1(9)7-3(8-2)11-5/h(H,6,7,8,9). The summed E-state index contributed by atoms with van der Waals surface area (Å²) < 4.78 is 8.85. The highest BCUT2D eigenvalue weighted by atomic mass is 79.9. The average Bonchev–Trinajstić information content (AvgIpc) is 2.03. The van der Waals surface area contributed by atoms with E-state index in [4.69, 9.17) is 5.11 Å². The van der Waals surface area contributed by atoms with Crippen LogP contribution in [0.1, 0.15) is 0 Å². The highest BCUT2D eigenvalue weighted by Crippen LogP contribution is 2.15. The Labute approximate surface area is 78.5 Å². The molecule has 0 aliphatic heterocycles. The Hall–Kier alpha value is -0.630. The molecule has 0 aliphatic carbocycles. The number of aromatic hydroxyl groups is 1. The van der Waals surface area contributed by atoms with Crippen LogP contribution in [0.3, 0.4) is 0 Å². The van der Waals surface area contributed by atoms with E-state index in [-0.39, 0.29) is 12.0 Å². The summed E-state index contributed by atoms with van der Waals surface area (Å²) in [7, 11) is 0. The second kappa shape index (κ2) is 3.67. The Morgan fingerprint density at radius 2 is 1.45 bits per heavy atom. The van der Waals surface area contributed by atoms with Gasteiger partial charge in [-0.1, -0.05) is 0 Å². The largest absolute Gasteiger partial charge is 0.479 e. The molecule has 0 amide bonds. The van der Waals surface area contributed by atoms with Gasteiger partial charge in [-0.25, -0.2) is 0 Å². The molecule has 0 aromatic carbocycles. The van der Waals surface area contributed by atoms with Gasteiger partial charge in [0.1, 0.15) is 0 Å². The third kappa shape index (κ3) is 2.15. The lowest BCUT2D eigenvalue weighted by Gasteiger charge is -1.96. The minimum Gasteiger partial charge on any atom is -0.479 e. The molecule has 8 heteroatoms. The Kier molecular flexibility index (Phi) is 2.83. The lowest BCUT2D eigenvalue weighted by molar-refractivity contribution is 0.404. The summed E-state index contributed by atoms with van der Waals surface area (Å²) in [4.78, 5) is 10.3. The first kappa shape index (κ1) is 8.47. The molecule has 0 fully saturated rings. The van der Waals surface area contributed by atoms with Crippen LogP contribution in [0.4, 0.5) is 0 Å². The van der Waals surface area contributed by atoms with E-state index in [9.17, 15) is 0 Å². The lowest BCUT2D eigenvalue weighted by atomic mass is 10.9. The van der Waals surface area contributed by atoms with Crippen LogP contribution in [0.15, 0.2) is 0 Å². The third-order valence-corrected chi connectivity index (χ3v) is 1.30. The minimum atomic E-state index is -0.482. The lowest BCUT2D eigenvalue weighted by Crippen LogP contribution is -1.92. The van der Waals surface area contributed by atoms with Crippen molar-refractivity contribution in [1.29, 1.82) is 0 Å². The first-order valence-electron chi connectivity index (χ1n) is 2.28. The molecule has 1 N–H and O–H groups in total. The summed E-state index contributed by atoms with van der Waals surface area (Å²) in [5, 5.41) is 8.79. The van der Waals surface area contributed by atoms with Crippen molar-refractivity contribution in [1.82, 2.24) is 15.0 Å². The van der Waals surface area contributed by atoms with Gasteiger partial charge in [0, 0.05) is 0 Å². The number of rotatable bonds is 2. The van der Waals surface area contributed by atoms with Gasteiger partial charge in [-0.3, -0.25) is 0 Å². The first-order valence-corrected chi connectivity index (χ1v) is 3.58. The smallest absolute Gasteiger partial charge is 0.337 e. The third-order valence-electron chi connectivity index (χ3n) is 0.721. The molecule has 60 valence electrons. The molecule has 0 atom stereocenters. The van der Waals surface area contributed by atoms with Gasteiger partial charge in [0.15, 0.2) is 32.5 Å². The van der Waals surface area contributed by atoms with Gasteiger partial charge in [0.25, 0.3) is 0 Å². The second-order valence-electron chi connectivity index (χ2n) is 1.35. The van der Waals surface area contributed by atoms with E-state index in [0.717, 1.165) is 0 Å². The van der Waals surface area contributed by atoms with Crippen LogP contribution in [0.5, 0.6) is 18.0 Å². The molecule has 0 radical (unpaired) electrons. The van der Waals surface area contributed by atoms with Crippen LogP contribution in [0.2, 0.25) is 0 Å². The first-order chi connectivity index (χ1) is 5.26. The van der Waals surface area contributed by atoms with Crippen LogP contribution in [0.25, 0.3) is 0 Å². The zero-order chi connectivity index (χ0) is 8.27. The molecule has 0 bridgehead atoms. The predicted molar refractivity (Wildman–Crippen MR) is 40.6 cm³/mol. The van der Waals surface area contributed by atoms with Gasteiger partial charge in [-0.15, -0.1) is 15.0 Å². The fraction of sp³-hybridized carbons (Fsp3) is 0. The molecule has 1 aromatic heterocycles. The average molecular weight is 287 g/mol. The van der Waals surface area contributed by atoms with Crippen molar-refractivity contribution in [3.63, 3.8) is 0 Å². The molecule has 1 rings (SSSR count). The summed E-state index contributed by atoms with van der Waals surface area (Å²) in [5.74, 6) is 0. The summed E-state index contributed by atoms with van der Waals surface area (Å²) in [5.41, 5.74) is 0. The Bertz CT molecular complexity index is 235. The molecular formula is C3HBr2N3O3. The molecule has 0 unspecified atom stereocenters. The van der Waals surface area contributed by atoms with Crippen molar-refractivity contribution >= 4 is 32.5 Å². The van der Waals surface area contributed by atoms with Crippen LogP contribution < -0.4 is 7.66 Å². The number of hydrogen-bond acceptors (Lipinski definition) is 6. The van der Waals surface area contributed by atoms with E-state index < -0.39 is 6.01 Å². The van der Waals surface area contributed by atoms with Crippen LogP contribution in [0, 0.1) is 0 Å². The fourth-order valence-corrected chi connectivity index (χ4v) is 0.686. The van der Waals surface area contributed by atoms with Crippen molar-refractivity contribution in [2.24, 2.45) is 0 Å². The van der Waals surface area contributed by atoms with Crippen molar-refractivity contribution < 1.29 is 12.8 Å². The van der Waals surface area contributed by atoms with E-state index in [1.807, 2.05) is 0 Å².